The molecule has 0 atom stereocenters. The zero-order chi connectivity index (χ0) is 14.3. The SMILES string of the molecule is CC(C)(C)OC(=O)NCCC#Cc1ccnc(Br)c1. The lowest BCUT2D eigenvalue weighted by atomic mass is 10.2. The van der Waals surface area contributed by atoms with Gasteiger partial charge in [-0.15, -0.1) is 0 Å². The summed E-state index contributed by atoms with van der Waals surface area (Å²) in [7, 11) is 0. The molecule has 0 fully saturated rings. The monoisotopic (exact) mass is 324 g/mol. The number of nitrogens with zero attached hydrogens (tertiary/aromatic N) is 1. The van der Waals surface area contributed by atoms with Gasteiger partial charge in [0.25, 0.3) is 0 Å². The Morgan fingerprint density at radius 1 is 1.53 bits per heavy atom. The topological polar surface area (TPSA) is 51.2 Å². The normalized spacial score (nSPS) is 10.3. The molecular formula is C14H17BrN2O2. The van der Waals surface area contributed by atoms with Crippen molar-refractivity contribution in [2.24, 2.45) is 0 Å². The van der Waals surface area contributed by atoms with E-state index in [0.29, 0.717) is 13.0 Å². The first-order chi connectivity index (χ1) is 8.87. The number of pyridine rings is 1. The predicted octanol–water partition coefficient (Wildman–Crippen LogP) is 3.11. The summed E-state index contributed by atoms with van der Waals surface area (Å²) in [4.78, 5) is 15.4. The van der Waals surface area contributed by atoms with E-state index in [-0.39, 0.29) is 0 Å². The summed E-state index contributed by atoms with van der Waals surface area (Å²) in [5.41, 5.74) is 0.415. The number of amides is 1. The first kappa shape index (κ1) is 15.5. The van der Waals surface area contributed by atoms with Crippen LogP contribution in [0.2, 0.25) is 0 Å². The number of ether oxygens (including phenoxy) is 1. The molecule has 1 rings (SSSR count). The van der Waals surface area contributed by atoms with Gasteiger partial charge in [-0.05, 0) is 48.8 Å². The summed E-state index contributed by atoms with van der Waals surface area (Å²) in [5.74, 6) is 5.97. The van der Waals surface area contributed by atoms with Crippen LogP contribution in [0.3, 0.4) is 0 Å². The Morgan fingerprint density at radius 2 is 2.26 bits per heavy atom. The van der Waals surface area contributed by atoms with E-state index in [1.54, 1.807) is 6.20 Å². The quantitative estimate of drug-likeness (QED) is 0.516. The lowest BCUT2D eigenvalue weighted by molar-refractivity contribution is 0.0529. The molecule has 0 spiro atoms. The number of hydrogen-bond acceptors (Lipinski definition) is 3. The van der Waals surface area contributed by atoms with E-state index in [9.17, 15) is 4.79 Å². The van der Waals surface area contributed by atoms with Crippen LogP contribution in [0.4, 0.5) is 4.79 Å². The van der Waals surface area contributed by atoms with Crippen LogP contribution in [-0.4, -0.2) is 23.2 Å². The highest BCUT2D eigenvalue weighted by Crippen LogP contribution is 2.07. The van der Waals surface area contributed by atoms with Gasteiger partial charge in [-0.2, -0.15) is 0 Å². The Kier molecular flexibility index (Phi) is 5.84. The lowest BCUT2D eigenvalue weighted by Gasteiger charge is -2.19. The van der Waals surface area contributed by atoms with Crippen LogP contribution in [0.15, 0.2) is 22.9 Å². The van der Waals surface area contributed by atoms with Crippen LogP contribution in [0.25, 0.3) is 0 Å². The number of nitrogens with one attached hydrogen (secondary N) is 1. The molecule has 102 valence electrons. The standard InChI is InChI=1S/C14H17BrN2O2/c1-14(2,3)19-13(18)17-8-5-4-6-11-7-9-16-12(15)10-11/h7,9-10H,5,8H2,1-3H3,(H,17,18). The summed E-state index contributed by atoms with van der Waals surface area (Å²) in [6.45, 7) is 5.95. The van der Waals surface area contributed by atoms with Crippen molar-refractivity contribution in [2.75, 3.05) is 6.54 Å². The van der Waals surface area contributed by atoms with Crippen LogP contribution in [-0.2, 0) is 4.74 Å². The van der Waals surface area contributed by atoms with Gasteiger partial charge in [0.2, 0.25) is 0 Å². The zero-order valence-corrected chi connectivity index (χ0v) is 12.9. The molecule has 1 aromatic heterocycles. The molecule has 1 heterocycles. The van der Waals surface area contributed by atoms with Crippen molar-refractivity contribution in [3.05, 3.63) is 28.5 Å². The van der Waals surface area contributed by atoms with E-state index in [1.807, 2.05) is 32.9 Å². The van der Waals surface area contributed by atoms with Gasteiger partial charge in [0.05, 0.1) is 0 Å². The Hall–Kier alpha value is -1.54. The largest absolute Gasteiger partial charge is 0.444 e. The van der Waals surface area contributed by atoms with Crippen molar-refractivity contribution in [3.63, 3.8) is 0 Å². The average molecular weight is 325 g/mol. The third kappa shape index (κ3) is 7.47. The van der Waals surface area contributed by atoms with Crippen molar-refractivity contribution in [1.29, 1.82) is 0 Å². The second-order valence-electron chi connectivity index (χ2n) is 4.85. The molecule has 0 aromatic carbocycles. The van der Waals surface area contributed by atoms with Crippen LogP contribution in [0.5, 0.6) is 0 Å². The number of carbonyl (C=O) groups is 1. The smallest absolute Gasteiger partial charge is 0.407 e. The fourth-order valence-electron chi connectivity index (χ4n) is 1.19. The molecule has 5 heteroatoms. The molecule has 0 saturated heterocycles. The number of rotatable bonds is 2. The maximum absolute atomic E-state index is 11.3. The predicted molar refractivity (Wildman–Crippen MR) is 77.7 cm³/mol. The molecule has 1 aromatic rings. The second kappa shape index (κ2) is 7.15. The minimum absolute atomic E-state index is 0.416. The van der Waals surface area contributed by atoms with Crippen molar-refractivity contribution in [2.45, 2.75) is 32.8 Å². The molecule has 0 unspecified atom stereocenters. The number of aromatic nitrogens is 1. The lowest BCUT2D eigenvalue weighted by Crippen LogP contribution is -2.32. The van der Waals surface area contributed by atoms with E-state index < -0.39 is 11.7 Å². The Balaban J connectivity index is 2.30. The molecule has 0 aliphatic carbocycles. The third-order valence-corrected chi connectivity index (χ3v) is 2.31. The van der Waals surface area contributed by atoms with E-state index in [1.165, 1.54) is 0 Å². The summed E-state index contributed by atoms with van der Waals surface area (Å²) >= 11 is 3.28. The minimum Gasteiger partial charge on any atom is -0.444 e. The van der Waals surface area contributed by atoms with E-state index in [4.69, 9.17) is 4.74 Å². The molecule has 0 radical (unpaired) electrons. The summed E-state index contributed by atoms with van der Waals surface area (Å²) in [6, 6.07) is 3.67. The van der Waals surface area contributed by atoms with Gasteiger partial charge in [0.1, 0.15) is 10.2 Å². The van der Waals surface area contributed by atoms with E-state index >= 15 is 0 Å². The van der Waals surface area contributed by atoms with Gasteiger partial charge in [0, 0.05) is 24.7 Å². The number of halogens is 1. The van der Waals surface area contributed by atoms with Crippen molar-refractivity contribution >= 4 is 22.0 Å². The Labute approximate surface area is 122 Å². The van der Waals surface area contributed by atoms with Gasteiger partial charge in [0.15, 0.2) is 0 Å². The van der Waals surface area contributed by atoms with Crippen LogP contribution >= 0.6 is 15.9 Å². The molecular weight excluding hydrogens is 308 g/mol. The molecule has 19 heavy (non-hydrogen) atoms. The van der Waals surface area contributed by atoms with Gasteiger partial charge < -0.3 is 10.1 Å². The van der Waals surface area contributed by atoms with Gasteiger partial charge in [-0.25, -0.2) is 9.78 Å². The molecule has 0 bridgehead atoms. The summed E-state index contributed by atoms with van der Waals surface area (Å²) < 4.78 is 5.86. The maximum Gasteiger partial charge on any atom is 0.407 e. The van der Waals surface area contributed by atoms with Gasteiger partial charge in [-0.3, -0.25) is 0 Å². The van der Waals surface area contributed by atoms with Crippen LogP contribution in [0, 0.1) is 11.8 Å². The summed E-state index contributed by atoms with van der Waals surface area (Å²) in [5, 5.41) is 2.65. The highest BCUT2D eigenvalue weighted by atomic mass is 79.9. The molecule has 1 N–H and O–H groups in total. The van der Waals surface area contributed by atoms with Gasteiger partial charge >= 0.3 is 6.09 Å². The fraction of sp³-hybridized carbons (Fsp3) is 0.429. The van der Waals surface area contributed by atoms with Crippen molar-refractivity contribution in [1.82, 2.24) is 10.3 Å². The molecule has 1 amide bonds. The van der Waals surface area contributed by atoms with Crippen molar-refractivity contribution in [3.8, 4) is 11.8 Å². The van der Waals surface area contributed by atoms with Crippen LogP contribution in [0.1, 0.15) is 32.8 Å². The maximum atomic E-state index is 11.3. The zero-order valence-electron chi connectivity index (χ0n) is 11.3. The first-order valence-corrected chi connectivity index (χ1v) is 6.73. The molecule has 0 aliphatic heterocycles. The fourth-order valence-corrected chi connectivity index (χ4v) is 1.55. The van der Waals surface area contributed by atoms with E-state index in [2.05, 4.69) is 38.1 Å². The van der Waals surface area contributed by atoms with Crippen LogP contribution < -0.4 is 5.32 Å². The van der Waals surface area contributed by atoms with E-state index in [0.717, 1.165) is 10.2 Å². The molecule has 0 aliphatic rings. The third-order valence-electron chi connectivity index (χ3n) is 1.88. The molecule has 4 nitrogen and oxygen atoms in total. The first-order valence-electron chi connectivity index (χ1n) is 5.94. The minimum atomic E-state index is -0.473. The number of carbonyl (C=O) groups excluding carboxylic acids is 1. The Bertz CT molecular complexity index is 498. The number of hydrogen-bond donors (Lipinski definition) is 1. The average Bonchev–Trinajstić information content (AvgIpc) is 2.26. The highest BCUT2D eigenvalue weighted by molar-refractivity contribution is 9.10. The van der Waals surface area contributed by atoms with Gasteiger partial charge in [-0.1, -0.05) is 11.8 Å². The Morgan fingerprint density at radius 3 is 2.89 bits per heavy atom. The summed E-state index contributed by atoms with van der Waals surface area (Å²) in [6.07, 6.45) is 1.84. The second-order valence-corrected chi connectivity index (χ2v) is 5.66. The highest BCUT2D eigenvalue weighted by Gasteiger charge is 2.15. The van der Waals surface area contributed by atoms with Crippen molar-refractivity contribution < 1.29 is 9.53 Å². The number of alkyl carbamates (subject to hydrolysis) is 1. The molecule has 0 saturated carbocycles.